The SMILES string of the molecule is CCC/C(O)=C1/C(=O)CCCC1=Nc1ccc(N=C2CCCC(=O)/C2=C(/O)CCC)cc1. The highest BCUT2D eigenvalue weighted by molar-refractivity contribution is 6.25. The standard InChI is InChI=1S/C26H32N2O4/c1-3-7-21(29)25-19(9-5-11-23(25)31)27-17-13-15-18(16-14-17)28-20-10-6-12-24(32)26(20)22(30)8-4-2/h13-16,29-30H,3-12H2,1-2H3/b25-21-,26-22+,27-19?,28-20?. The third-order valence-corrected chi connectivity index (χ3v) is 5.70. The lowest BCUT2D eigenvalue weighted by molar-refractivity contribution is -0.116. The minimum absolute atomic E-state index is 0.0443. The second-order valence-electron chi connectivity index (χ2n) is 8.33. The van der Waals surface area contributed by atoms with E-state index in [1.54, 1.807) is 0 Å². The molecule has 0 aromatic heterocycles. The van der Waals surface area contributed by atoms with Crippen LogP contribution in [0, 0.1) is 0 Å². The largest absolute Gasteiger partial charge is 0.511 e. The second kappa shape index (κ2) is 11.0. The number of benzene rings is 1. The molecule has 0 atom stereocenters. The highest BCUT2D eigenvalue weighted by atomic mass is 16.3. The molecular weight excluding hydrogens is 404 g/mol. The molecule has 0 unspecified atom stereocenters. The maximum absolute atomic E-state index is 12.4. The van der Waals surface area contributed by atoms with E-state index in [1.807, 2.05) is 38.1 Å². The van der Waals surface area contributed by atoms with Gasteiger partial charge in [0, 0.05) is 25.7 Å². The number of Topliss-reactive ketones (excluding diaryl/α,β-unsaturated/α-hetero) is 2. The van der Waals surface area contributed by atoms with Crippen LogP contribution in [0.15, 0.2) is 56.9 Å². The second-order valence-corrected chi connectivity index (χ2v) is 8.33. The number of aliphatic imine (C=N–C) groups is 2. The van der Waals surface area contributed by atoms with E-state index in [0.717, 1.165) is 25.7 Å². The molecule has 6 nitrogen and oxygen atoms in total. The van der Waals surface area contributed by atoms with Crippen molar-refractivity contribution < 1.29 is 19.8 Å². The number of carbonyl (C=O) groups excluding carboxylic acids is 2. The predicted octanol–water partition coefficient (Wildman–Crippen LogP) is 6.56. The maximum atomic E-state index is 12.4. The first-order valence-corrected chi connectivity index (χ1v) is 11.6. The van der Waals surface area contributed by atoms with E-state index in [0.29, 0.717) is 72.5 Å². The molecule has 6 heteroatoms. The number of nitrogens with zero attached hydrogens (tertiary/aromatic N) is 2. The number of ketones is 2. The average molecular weight is 437 g/mol. The van der Waals surface area contributed by atoms with Crippen LogP contribution in [-0.2, 0) is 9.59 Å². The van der Waals surface area contributed by atoms with Gasteiger partial charge in [0.2, 0.25) is 0 Å². The molecule has 2 fully saturated rings. The Kier molecular flexibility index (Phi) is 8.14. The third-order valence-electron chi connectivity index (χ3n) is 5.70. The van der Waals surface area contributed by atoms with Crippen molar-refractivity contribution >= 4 is 34.4 Å². The van der Waals surface area contributed by atoms with E-state index in [-0.39, 0.29) is 23.1 Å². The Labute approximate surface area is 189 Å². The zero-order valence-corrected chi connectivity index (χ0v) is 19.0. The minimum Gasteiger partial charge on any atom is -0.511 e. The fourth-order valence-corrected chi connectivity index (χ4v) is 4.17. The van der Waals surface area contributed by atoms with Gasteiger partial charge in [0.05, 0.1) is 33.9 Å². The minimum atomic E-state index is -0.0443. The van der Waals surface area contributed by atoms with Crippen molar-refractivity contribution in [2.75, 3.05) is 0 Å². The molecular formula is C26H32N2O4. The quantitative estimate of drug-likeness (QED) is 0.389. The van der Waals surface area contributed by atoms with Gasteiger partial charge in [-0.1, -0.05) is 13.8 Å². The van der Waals surface area contributed by atoms with E-state index in [2.05, 4.69) is 9.98 Å². The molecule has 0 aliphatic heterocycles. The number of aliphatic hydroxyl groups excluding tert-OH is 2. The van der Waals surface area contributed by atoms with Gasteiger partial charge < -0.3 is 10.2 Å². The van der Waals surface area contributed by atoms with Crippen molar-refractivity contribution in [3.8, 4) is 0 Å². The Morgan fingerprint density at radius 2 is 1.09 bits per heavy atom. The molecule has 0 heterocycles. The van der Waals surface area contributed by atoms with Gasteiger partial charge >= 0.3 is 0 Å². The summed E-state index contributed by atoms with van der Waals surface area (Å²) >= 11 is 0. The van der Waals surface area contributed by atoms with Crippen molar-refractivity contribution in [2.24, 2.45) is 9.98 Å². The van der Waals surface area contributed by atoms with Gasteiger partial charge in [-0.05, 0) is 62.8 Å². The zero-order valence-electron chi connectivity index (χ0n) is 19.0. The number of hydrogen-bond donors (Lipinski definition) is 2. The summed E-state index contributed by atoms with van der Waals surface area (Å²) in [6.07, 6.45) is 6.13. The Bertz CT molecular complexity index is 916. The van der Waals surface area contributed by atoms with Crippen LogP contribution in [0.3, 0.4) is 0 Å². The number of hydrogen-bond acceptors (Lipinski definition) is 6. The van der Waals surface area contributed by atoms with Crippen molar-refractivity contribution in [1.29, 1.82) is 0 Å². The van der Waals surface area contributed by atoms with Crippen molar-refractivity contribution in [2.45, 2.75) is 78.1 Å². The molecule has 0 radical (unpaired) electrons. The van der Waals surface area contributed by atoms with Gasteiger partial charge in [0.25, 0.3) is 0 Å². The van der Waals surface area contributed by atoms with Gasteiger partial charge in [-0.2, -0.15) is 0 Å². The summed E-state index contributed by atoms with van der Waals surface area (Å²) in [7, 11) is 0. The molecule has 32 heavy (non-hydrogen) atoms. The number of allylic oxidation sites excluding steroid dienone is 4. The monoisotopic (exact) mass is 436 g/mol. The van der Waals surface area contributed by atoms with Crippen LogP contribution in [0.5, 0.6) is 0 Å². The number of aliphatic hydroxyl groups is 2. The van der Waals surface area contributed by atoms with Crippen LogP contribution >= 0.6 is 0 Å². The van der Waals surface area contributed by atoms with Crippen molar-refractivity contribution in [1.82, 2.24) is 0 Å². The molecule has 1 aromatic carbocycles. The molecule has 2 saturated carbocycles. The molecule has 2 aliphatic carbocycles. The van der Waals surface area contributed by atoms with Crippen LogP contribution in [-0.4, -0.2) is 33.2 Å². The lowest BCUT2D eigenvalue weighted by atomic mass is 9.89. The normalized spacial score (nSPS) is 23.1. The van der Waals surface area contributed by atoms with Crippen LogP contribution < -0.4 is 0 Å². The van der Waals surface area contributed by atoms with Crippen LogP contribution in [0.2, 0.25) is 0 Å². The van der Waals surface area contributed by atoms with E-state index < -0.39 is 0 Å². The van der Waals surface area contributed by atoms with Gasteiger partial charge in [0.15, 0.2) is 11.6 Å². The fourth-order valence-electron chi connectivity index (χ4n) is 4.17. The maximum Gasteiger partial charge on any atom is 0.168 e. The van der Waals surface area contributed by atoms with Gasteiger partial charge in [-0.25, -0.2) is 0 Å². The number of carbonyl (C=O) groups is 2. The van der Waals surface area contributed by atoms with Crippen LogP contribution in [0.25, 0.3) is 0 Å². The Morgan fingerprint density at radius 1 is 0.719 bits per heavy atom. The average Bonchev–Trinajstić information content (AvgIpc) is 2.75. The first-order valence-electron chi connectivity index (χ1n) is 11.6. The van der Waals surface area contributed by atoms with E-state index in [4.69, 9.17) is 0 Å². The lowest BCUT2D eigenvalue weighted by Crippen LogP contribution is -2.21. The third kappa shape index (κ3) is 5.61. The van der Waals surface area contributed by atoms with Crippen LogP contribution in [0.4, 0.5) is 11.4 Å². The smallest absolute Gasteiger partial charge is 0.168 e. The fraction of sp³-hybridized carbons (Fsp3) is 0.462. The topological polar surface area (TPSA) is 99.3 Å². The molecule has 170 valence electrons. The summed E-state index contributed by atoms with van der Waals surface area (Å²) in [5.74, 6) is 0.175. The molecule has 0 saturated heterocycles. The molecule has 3 rings (SSSR count). The van der Waals surface area contributed by atoms with Crippen molar-refractivity contribution in [3.05, 3.63) is 46.9 Å². The Balaban J connectivity index is 1.89. The molecule has 0 amide bonds. The molecule has 0 bridgehead atoms. The van der Waals surface area contributed by atoms with Gasteiger partial charge in [-0.3, -0.25) is 19.6 Å². The van der Waals surface area contributed by atoms with E-state index >= 15 is 0 Å². The summed E-state index contributed by atoms with van der Waals surface area (Å²) in [5, 5.41) is 20.7. The van der Waals surface area contributed by atoms with E-state index in [1.165, 1.54) is 0 Å². The molecule has 0 spiro atoms. The van der Waals surface area contributed by atoms with Crippen LogP contribution in [0.1, 0.15) is 78.1 Å². The summed E-state index contributed by atoms with van der Waals surface area (Å²) < 4.78 is 0. The van der Waals surface area contributed by atoms with Gasteiger partial charge in [0.1, 0.15) is 11.5 Å². The molecule has 2 aliphatic rings. The summed E-state index contributed by atoms with van der Waals surface area (Å²) in [6.45, 7) is 3.92. The van der Waals surface area contributed by atoms with Crippen molar-refractivity contribution in [3.63, 3.8) is 0 Å². The zero-order chi connectivity index (χ0) is 23.1. The van der Waals surface area contributed by atoms with Gasteiger partial charge in [-0.15, -0.1) is 0 Å². The summed E-state index contributed by atoms with van der Waals surface area (Å²) in [5.41, 5.74) is 3.40. The first-order chi connectivity index (χ1) is 15.4. The highest BCUT2D eigenvalue weighted by Crippen LogP contribution is 2.28. The predicted molar refractivity (Wildman–Crippen MR) is 127 cm³/mol. The molecule has 1 aromatic rings. The first kappa shape index (κ1) is 23.6. The lowest BCUT2D eigenvalue weighted by Gasteiger charge is -2.18. The number of rotatable bonds is 6. The summed E-state index contributed by atoms with van der Waals surface area (Å²) in [4.78, 5) is 34.0. The molecule has 2 N–H and O–H groups in total. The Hall–Kier alpha value is -3.02. The highest BCUT2D eigenvalue weighted by Gasteiger charge is 2.26. The summed E-state index contributed by atoms with van der Waals surface area (Å²) in [6, 6.07) is 7.28. The van der Waals surface area contributed by atoms with E-state index in [9.17, 15) is 19.8 Å². The Morgan fingerprint density at radius 3 is 1.44 bits per heavy atom.